The van der Waals surface area contributed by atoms with Crippen LogP contribution < -0.4 is 0 Å². The highest BCUT2D eigenvalue weighted by Crippen LogP contribution is 2.18. The first kappa shape index (κ1) is 25.7. The second-order valence-electron chi connectivity index (χ2n) is 7.77. The van der Waals surface area contributed by atoms with E-state index in [1.165, 1.54) is 0 Å². The van der Waals surface area contributed by atoms with E-state index in [0.717, 1.165) is 56.9 Å². The van der Waals surface area contributed by atoms with Gasteiger partial charge in [0.1, 0.15) is 0 Å². The topological polar surface area (TPSA) is 52.6 Å². The molecule has 0 bridgehead atoms. The normalized spacial score (nSPS) is 13.0. The predicted octanol–water partition coefficient (Wildman–Crippen LogP) is 6.23. The van der Waals surface area contributed by atoms with E-state index in [4.69, 9.17) is 9.47 Å². The third-order valence-electron chi connectivity index (χ3n) is 5.19. The zero-order valence-corrected chi connectivity index (χ0v) is 18.6. The summed E-state index contributed by atoms with van der Waals surface area (Å²) in [6.45, 7) is 13.1. The smallest absolute Gasteiger partial charge is 0.334 e. The van der Waals surface area contributed by atoms with Gasteiger partial charge in [-0.3, -0.25) is 4.79 Å². The van der Waals surface area contributed by atoms with Crippen LogP contribution in [0, 0.1) is 11.8 Å². The number of allylic oxidation sites excluding steroid dienone is 1. The summed E-state index contributed by atoms with van der Waals surface area (Å²) in [6.07, 6.45) is 8.73. The van der Waals surface area contributed by atoms with Crippen molar-refractivity contribution in [3.63, 3.8) is 0 Å². The van der Waals surface area contributed by atoms with Gasteiger partial charge in [0.25, 0.3) is 0 Å². The molecule has 158 valence electrons. The summed E-state index contributed by atoms with van der Waals surface area (Å²) in [6, 6.07) is 0. The molecule has 0 spiro atoms. The van der Waals surface area contributed by atoms with Crippen molar-refractivity contribution in [2.75, 3.05) is 13.2 Å². The van der Waals surface area contributed by atoms with Crippen LogP contribution in [0.25, 0.3) is 0 Å². The van der Waals surface area contributed by atoms with E-state index < -0.39 is 0 Å². The fourth-order valence-electron chi connectivity index (χ4n) is 2.94. The molecule has 2 unspecified atom stereocenters. The van der Waals surface area contributed by atoms with Crippen LogP contribution in [0.3, 0.4) is 0 Å². The zero-order chi connectivity index (χ0) is 20.7. The van der Waals surface area contributed by atoms with E-state index in [9.17, 15) is 9.59 Å². The van der Waals surface area contributed by atoms with Gasteiger partial charge in [-0.1, -0.05) is 71.8 Å². The summed E-state index contributed by atoms with van der Waals surface area (Å²) in [5.74, 6) is 0.0825. The van der Waals surface area contributed by atoms with Crippen LogP contribution >= 0.6 is 0 Å². The van der Waals surface area contributed by atoms with Crippen molar-refractivity contribution in [3.8, 4) is 0 Å². The Labute approximate surface area is 167 Å². The maximum atomic E-state index is 12.5. The molecule has 0 aliphatic carbocycles. The lowest BCUT2D eigenvalue weighted by molar-refractivity contribution is -0.147. The molecule has 27 heavy (non-hydrogen) atoms. The molecule has 0 aromatic heterocycles. The van der Waals surface area contributed by atoms with Gasteiger partial charge in [0.05, 0.1) is 19.6 Å². The molecule has 4 nitrogen and oxygen atoms in total. The highest BCUT2D eigenvalue weighted by atomic mass is 16.5. The highest BCUT2D eigenvalue weighted by molar-refractivity contribution is 5.94. The van der Waals surface area contributed by atoms with E-state index in [1.54, 1.807) is 0 Å². The van der Waals surface area contributed by atoms with Gasteiger partial charge in [-0.2, -0.15) is 0 Å². The second kappa shape index (κ2) is 15.7. The number of ether oxygens (including phenoxy) is 2. The molecule has 4 heteroatoms. The van der Waals surface area contributed by atoms with Gasteiger partial charge in [-0.25, -0.2) is 4.79 Å². The van der Waals surface area contributed by atoms with Crippen LogP contribution in [-0.2, 0) is 19.1 Å². The predicted molar refractivity (Wildman–Crippen MR) is 112 cm³/mol. The van der Waals surface area contributed by atoms with Gasteiger partial charge in [0.2, 0.25) is 0 Å². The van der Waals surface area contributed by atoms with Crippen LogP contribution in [0.1, 0.15) is 99.3 Å². The second-order valence-corrected chi connectivity index (χ2v) is 7.77. The molecular weight excluding hydrogens is 340 g/mol. The Morgan fingerprint density at radius 3 is 1.67 bits per heavy atom. The number of hydrogen-bond acceptors (Lipinski definition) is 4. The Bertz CT molecular complexity index is 449. The van der Waals surface area contributed by atoms with Gasteiger partial charge in [0.15, 0.2) is 0 Å². The standard InChI is InChI=1S/C23H42O4/c1-7-11-13-19(9-3)16-26-22(24)15-21(18(5)6)23(25)27-17-20(10-4)14-12-8-2/h19-20H,7-17H2,1-6H3. The van der Waals surface area contributed by atoms with Crippen LogP contribution in [0.4, 0.5) is 0 Å². The summed E-state index contributed by atoms with van der Waals surface area (Å²) in [7, 11) is 0. The van der Waals surface area contributed by atoms with Crippen molar-refractivity contribution in [2.24, 2.45) is 11.8 Å². The fourth-order valence-corrected chi connectivity index (χ4v) is 2.94. The molecule has 0 aliphatic heterocycles. The fraction of sp³-hybridized carbons (Fsp3) is 0.826. The lowest BCUT2D eigenvalue weighted by atomic mass is 10.0. The van der Waals surface area contributed by atoms with Crippen LogP contribution in [-0.4, -0.2) is 25.2 Å². The van der Waals surface area contributed by atoms with Gasteiger partial charge >= 0.3 is 11.9 Å². The molecule has 0 fully saturated rings. The monoisotopic (exact) mass is 382 g/mol. The molecule has 0 aromatic carbocycles. The minimum Gasteiger partial charge on any atom is -0.465 e. The molecule has 0 N–H and O–H groups in total. The first-order valence-corrected chi connectivity index (χ1v) is 10.9. The lowest BCUT2D eigenvalue weighted by Crippen LogP contribution is -2.20. The summed E-state index contributed by atoms with van der Waals surface area (Å²) in [5.41, 5.74) is 1.25. The van der Waals surface area contributed by atoms with Gasteiger partial charge in [0, 0.05) is 5.57 Å². The van der Waals surface area contributed by atoms with Crippen molar-refractivity contribution >= 4 is 11.9 Å². The van der Waals surface area contributed by atoms with Crippen molar-refractivity contribution in [3.05, 3.63) is 11.1 Å². The van der Waals surface area contributed by atoms with Gasteiger partial charge < -0.3 is 9.47 Å². The van der Waals surface area contributed by atoms with Crippen molar-refractivity contribution in [2.45, 2.75) is 99.3 Å². The van der Waals surface area contributed by atoms with Crippen molar-refractivity contribution < 1.29 is 19.1 Å². The number of esters is 2. The SMILES string of the molecule is CCCCC(CC)COC(=O)CC(C(=O)OCC(CC)CCCC)=C(C)C. The van der Waals surface area contributed by atoms with E-state index in [-0.39, 0.29) is 18.4 Å². The number of hydrogen-bond donors (Lipinski definition) is 0. The Morgan fingerprint density at radius 1 is 0.778 bits per heavy atom. The molecule has 0 amide bonds. The summed E-state index contributed by atoms with van der Waals surface area (Å²) < 4.78 is 11.0. The van der Waals surface area contributed by atoms with Crippen molar-refractivity contribution in [1.82, 2.24) is 0 Å². The van der Waals surface area contributed by atoms with Crippen LogP contribution in [0.5, 0.6) is 0 Å². The Morgan fingerprint density at radius 2 is 1.26 bits per heavy atom. The average Bonchev–Trinajstić information content (AvgIpc) is 2.65. The number of rotatable bonds is 15. The maximum absolute atomic E-state index is 12.5. The Kier molecular flexibility index (Phi) is 14.9. The molecule has 0 saturated carbocycles. The average molecular weight is 383 g/mol. The van der Waals surface area contributed by atoms with Gasteiger partial charge in [-0.05, 0) is 38.5 Å². The molecular formula is C23H42O4. The Balaban J connectivity index is 4.56. The van der Waals surface area contributed by atoms with Crippen molar-refractivity contribution in [1.29, 1.82) is 0 Å². The van der Waals surface area contributed by atoms with Crippen LogP contribution in [0.15, 0.2) is 11.1 Å². The summed E-state index contributed by atoms with van der Waals surface area (Å²) in [5, 5.41) is 0. The molecule has 0 saturated heterocycles. The number of unbranched alkanes of at least 4 members (excludes halogenated alkanes) is 2. The summed E-state index contributed by atoms with van der Waals surface area (Å²) in [4.78, 5) is 24.7. The molecule has 0 heterocycles. The number of carbonyl (C=O) groups is 2. The first-order valence-electron chi connectivity index (χ1n) is 10.9. The molecule has 2 atom stereocenters. The molecule has 0 aromatic rings. The zero-order valence-electron chi connectivity index (χ0n) is 18.6. The minimum absolute atomic E-state index is 0.00285. The quantitative estimate of drug-likeness (QED) is 0.249. The summed E-state index contributed by atoms with van der Waals surface area (Å²) >= 11 is 0. The van der Waals surface area contributed by atoms with Crippen LogP contribution in [0.2, 0.25) is 0 Å². The number of carbonyl (C=O) groups excluding carboxylic acids is 2. The van der Waals surface area contributed by atoms with Gasteiger partial charge in [-0.15, -0.1) is 0 Å². The third kappa shape index (κ3) is 11.9. The third-order valence-corrected chi connectivity index (χ3v) is 5.19. The minimum atomic E-state index is -0.375. The van der Waals surface area contributed by atoms with E-state index in [2.05, 4.69) is 27.7 Å². The Hall–Kier alpha value is -1.32. The molecule has 0 rings (SSSR count). The largest absolute Gasteiger partial charge is 0.465 e. The lowest BCUT2D eigenvalue weighted by Gasteiger charge is -2.17. The highest BCUT2D eigenvalue weighted by Gasteiger charge is 2.20. The van der Waals surface area contributed by atoms with E-state index >= 15 is 0 Å². The molecule has 0 radical (unpaired) electrons. The maximum Gasteiger partial charge on any atom is 0.334 e. The van der Waals surface area contributed by atoms with E-state index in [0.29, 0.717) is 30.6 Å². The first-order chi connectivity index (χ1) is 12.9. The molecule has 0 aliphatic rings. The van der Waals surface area contributed by atoms with E-state index in [1.807, 2.05) is 13.8 Å².